The van der Waals surface area contributed by atoms with Gasteiger partial charge in [0.2, 0.25) is 0 Å². The fourth-order valence-electron chi connectivity index (χ4n) is 2.50. The van der Waals surface area contributed by atoms with Gasteiger partial charge >= 0.3 is 0 Å². The van der Waals surface area contributed by atoms with Crippen LogP contribution in [-0.4, -0.2) is 12.4 Å². The van der Waals surface area contributed by atoms with Crippen molar-refractivity contribution >= 4 is 5.78 Å². The Bertz CT molecular complexity index is 384. The van der Waals surface area contributed by atoms with Gasteiger partial charge in [0.15, 0.2) is 0 Å². The highest BCUT2D eigenvalue weighted by molar-refractivity contribution is 5.79. The van der Waals surface area contributed by atoms with Crippen molar-refractivity contribution in [3.8, 4) is 5.75 Å². The van der Waals surface area contributed by atoms with Crippen LogP contribution in [0.25, 0.3) is 0 Å². The number of hydrogen-bond acceptors (Lipinski definition) is 2. The molecule has 1 aliphatic carbocycles. The maximum Gasteiger partial charge on any atom is 0.133 e. The van der Waals surface area contributed by atoms with Crippen LogP contribution < -0.4 is 4.74 Å². The van der Waals surface area contributed by atoms with Gasteiger partial charge in [0.25, 0.3) is 0 Å². The number of benzene rings is 1. The highest BCUT2D eigenvalue weighted by Crippen LogP contribution is 2.31. The largest absolute Gasteiger partial charge is 0.494 e. The molecule has 1 unspecified atom stereocenters. The molecular weight excluding hydrogens is 212 g/mol. The third-order valence-corrected chi connectivity index (χ3v) is 3.37. The van der Waals surface area contributed by atoms with E-state index in [2.05, 4.69) is 12.1 Å². The van der Waals surface area contributed by atoms with E-state index in [0.29, 0.717) is 24.7 Å². The van der Waals surface area contributed by atoms with Crippen LogP contribution in [0.5, 0.6) is 5.75 Å². The van der Waals surface area contributed by atoms with Crippen LogP contribution in [0.3, 0.4) is 0 Å². The van der Waals surface area contributed by atoms with Crippen LogP contribution in [-0.2, 0) is 4.79 Å². The summed E-state index contributed by atoms with van der Waals surface area (Å²) in [4.78, 5) is 11.6. The van der Waals surface area contributed by atoms with E-state index in [1.807, 2.05) is 19.1 Å². The number of ether oxygens (including phenoxy) is 1. The van der Waals surface area contributed by atoms with Gasteiger partial charge in [0, 0.05) is 12.8 Å². The Hall–Kier alpha value is -1.31. The zero-order valence-corrected chi connectivity index (χ0v) is 10.4. The first-order valence-electron chi connectivity index (χ1n) is 6.54. The Morgan fingerprint density at radius 2 is 2.24 bits per heavy atom. The molecule has 1 saturated carbocycles. The Balaban J connectivity index is 2.14. The van der Waals surface area contributed by atoms with Crippen molar-refractivity contribution in [1.82, 2.24) is 0 Å². The summed E-state index contributed by atoms with van der Waals surface area (Å²) >= 11 is 0. The second-order valence-corrected chi connectivity index (χ2v) is 4.69. The molecule has 2 rings (SSSR count). The topological polar surface area (TPSA) is 26.3 Å². The molecule has 0 aromatic heterocycles. The van der Waals surface area contributed by atoms with Crippen LogP contribution in [0, 0.1) is 0 Å². The summed E-state index contributed by atoms with van der Waals surface area (Å²) in [6.45, 7) is 2.68. The fraction of sp³-hybridized carbons (Fsp3) is 0.533. The molecule has 0 spiro atoms. The van der Waals surface area contributed by atoms with Gasteiger partial charge in [0.05, 0.1) is 6.61 Å². The molecule has 0 amide bonds. The quantitative estimate of drug-likeness (QED) is 0.743. The molecule has 1 aromatic rings. The maximum absolute atomic E-state index is 11.6. The van der Waals surface area contributed by atoms with E-state index in [1.165, 1.54) is 5.56 Å². The average Bonchev–Trinajstić information content (AvgIpc) is 2.55. The Morgan fingerprint density at radius 3 is 3.06 bits per heavy atom. The van der Waals surface area contributed by atoms with E-state index >= 15 is 0 Å². The van der Waals surface area contributed by atoms with Crippen molar-refractivity contribution in [2.75, 3.05) is 6.61 Å². The Kier molecular flexibility index (Phi) is 4.18. The zero-order valence-electron chi connectivity index (χ0n) is 10.4. The predicted molar refractivity (Wildman–Crippen MR) is 68.4 cm³/mol. The molecule has 2 nitrogen and oxygen atoms in total. The van der Waals surface area contributed by atoms with Gasteiger partial charge in [-0.3, -0.25) is 4.79 Å². The van der Waals surface area contributed by atoms with Crippen LogP contribution in [0.1, 0.15) is 50.5 Å². The highest BCUT2D eigenvalue weighted by atomic mass is 16.5. The molecule has 0 bridgehead atoms. The molecule has 0 aliphatic heterocycles. The summed E-state index contributed by atoms with van der Waals surface area (Å²) < 4.78 is 5.51. The van der Waals surface area contributed by atoms with Crippen molar-refractivity contribution in [1.29, 1.82) is 0 Å². The monoisotopic (exact) mass is 232 g/mol. The maximum atomic E-state index is 11.6. The first-order chi connectivity index (χ1) is 8.29. The normalized spacial score (nSPS) is 21.0. The third-order valence-electron chi connectivity index (χ3n) is 3.37. The van der Waals surface area contributed by atoms with E-state index in [9.17, 15) is 4.79 Å². The Morgan fingerprint density at radius 1 is 1.35 bits per heavy atom. The number of carbonyl (C=O) groups is 1. The first kappa shape index (κ1) is 12.2. The predicted octanol–water partition coefficient (Wildman–Crippen LogP) is 3.70. The molecule has 1 fully saturated rings. The lowest BCUT2D eigenvalue weighted by Crippen LogP contribution is -2.04. The van der Waals surface area contributed by atoms with Crippen LogP contribution in [0.2, 0.25) is 0 Å². The lowest BCUT2D eigenvalue weighted by atomic mass is 9.91. The summed E-state index contributed by atoms with van der Waals surface area (Å²) in [6.07, 6.45) is 4.81. The van der Waals surface area contributed by atoms with Crippen LogP contribution in [0.4, 0.5) is 0 Å². The first-order valence-corrected chi connectivity index (χ1v) is 6.54. The molecule has 0 heterocycles. The van der Waals surface area contributed by atoms with Gasteiger partial charge in [0.1, 0.15) is 11.5 Å². The summed E-state index contributed by atoms with van der Waals surface area (Å²) in [5.74, 6) is 1.72. The van der Waals surface area contributed by atoms with Gasteiger partial charge in [-0.05, 0) is 43.4 Å². The summed E-state index contributed by atoms with van der Waals surface area (Å²) in [6, 6.07) is 8.21. The summed E-state index contributed by atoms with van der Waals surface area (Å²) in [7, 11) is 0. The molecule has 0 N–H and O–H groups in total. The standard InChI is InChI=1S/C15H20O2/c1-2-17-15-9-5-7-13(11-15)12-6-3-4-8-14(16)10-12/h5,7,9,11-12H,2-4,6,8,10H2,1H3. The van der Waals surface area contributed by atoms with E-state index in [-0.39, 0.29) is 0 Å². The minimum atomic E-state index is 0.394. The molecule has 17 heavy (non-hydrogen) atoms. The van der Waals surface area contributed by atoms with E-state index in [1.54, 1.807) is 0 Å². The van der Waals surface area contributed by atoms with Gasteiger partial charge in [-0.25, -0.2) is 0 Å². The Labute approximate surface area is 103 Å². The number of ketones is 1. The average molecular weight is 232 g/mol. The second-order valence-electron chi connectivity index (χ2n) is 4.69. The molecule has 0 saturated heterocycles. The van der Waals surface area contributed by atoms with E-state index in [0.717, 1.165) is 31.4 Å². The zero-order chi connectivity index (χ0) is 12.1. The van der Waals surface area contributed by atoms with Gasteiger partial charge in [-0.1, -0.05) is 18.6 Å². The minimum Gasteiger partial charge on any atom is -0.494 e. The smallest absolute Gasteiger partial charge is 0.133 e. The van der Waals surface area contributed by atoms with Crippen molar-refractivity contribution in [2.24, 2.45) is 0 Å². The number of carbonyl (C=O) groups excluding carboxylic acids is 1. The third kappa shape index (κ3) is 3.32. The van der Waals surface area contributed by atoms with Crippen molar-refractivity contribution in [3.05, 3.63) is 29.8 Å². The molecule has 0 radical (unpaired) electrons. The van der Waals surface area contributed by atoms with Crippen LogP contribution in [0.15, 0.2) is 24.3 Å². The van der Waals surface area contributed by atoms with Crippen molar-refractivity contribution < 1.29 is 9.53 Å². The molecule has 2 heteroatoms. The summed E-state index contributed by atoms with van der Waals surface area (Å²) in [5.41, 5.74) is 1.26. The highest BCUT2D eigenvalue weighted by Gasteiger charge is 2.19. The van der Waals surface area contributed by atoms with Crippen LogP contribution >= 0.6 is 0 Å². The number of hydrogen-bond donors (Lipinski definition) is 0. The number of rotatable bonds is 3. The van der Waals surface area contributed by atoms with Crippen molar-refractivity contribution in [3.63, 3.8) is 0 Å². The van der Waals surface area contributed by atoms with Gasteiger partial charge < -0.3 is 4.74 Å². The van der Waals surface area contributed by atoms with Gasteiger partial charge in [-0.2, -0.15) is 0 Å². The SMILES string of the molecule is CCOc1cccc(C2CCCCC(=O)C2)c1. The minimum absolute atomic E-state index is 0.394. The fourth-order valence-corrected chi connectivity index (χ4v) is 2.50. The van der Waals surface area contributed by atoms with Gasteiger partial charge in [-0.15, -0.1) is 0 Å². The van der Waals surface area contributed by atoms with E-state index in [4.69, 9.17) is 4.74 Å². The lowest BCUT2D eigenvalue weighted by Gasteiger charge is -2.15. The second kappa shape index (κ2) is 5.85. The molecule has 1 aromatic carbocycles. The molecule has 1 atom stereocenters. The molecule has 92 valence electrons. The van der Waals surface area contributed by atoms with E-state index < -0.39 is 0 Å². The lowest BCUT2D eigenvalue weighted by molar-refractivity contribution is -0.119. The van der Waals surface area contributed by atoms with Crippen molar-refractivity contribution in [2.45, 2.75) is 44.9 Å². The summed E-state index contributed by atoms with van der Waals surface area (Å²) in [5, 5.41) is 0. The number of Topliss-reactive ketones (excluding diaryl/α,β-unsaturated/α-hetero) is 1. The molecule has 1 aliphatic rings. The molecular formula is C15H20O2.